The lowest BCUT2D eigenvalue weighted by Crippen LogP contribution is -2.05. The van der Waals surface area contributed by atoms with Crippen LogP contribution in [-0.2, 0) is 12.8 Å². The third-order valence-corrected chi connectivity index (χ3v) is 3.53. The molecule has 128 valence electrons. The van der Waals surface area contributed by atoms with Gasteiger partial charge in [0.15, 0.2) is 0 Å². The van der Waals surface area contributed by atoms with Crippen LogP contribution < -0.4 is 5.43 Å². The molecule has 0 amide bonds. The molecule has 0 fully saturated rings. The fourth-order valence-electron chi connectivity index (χ4n) is 1.88. The number of hydrogen-bond acceptors (Lipinski definition) is 5. The molecule has 0 saturated carbocycles. The Hall–Kier alpha value is -2.32. The fourth-order valence-corrected chi connectivity index (χ4v) is 2.04. The summed E-state index contributed by atoms with van der Waals surface area (Å²) in [6, 6.07) is 2.79. The van der Waals surface area contributed by atoms with Crippen molar-refractivity contribution in [2.45, 2.75) is 19.7 Å². The standard InChI is InChI=1S/C15H13ClF3N3O2/c1-8-14(24)11(9(7-23)5-20-8)6-21-22-13-4-10(15(17,18)19)2-3-12(13)16/h2-6,22-24H,7H2,1H3. The molecule has 1 aromatic carbocycles. The number of benzene rings is 1. The third-order valence-electron chi connectivity index (χ3n) is 3.20. The molecule has 0 unspecified atom stereocenters. The molecule has 0 bridgehead atoms. The number of aromatic nitrogens is 1. The van der Waals surface area contributed by atoms with E-state index in [1.54, 1.807) is 6.92 Å². The van der Waals surface area contributed by atoms with Gasteiger partial charge in [0.05, 0.1) is 34.8 Å². The normalized spacial score (nSPS) is 11.9. The molecule has 24 heavy (non-hydrogen) atoms. The quantitative estimate of drug-likeness (QED) is 0.574. The number of nitrogens with one attached hydrogen (secondary N) is 1. The van der Waals surface area contributed by atoms with Crippen molar-refractivity contribution in [2.75, 3.05) is 5.43 Å². The minimum absolute atomic E-state index is 0.0430. The first-order chi connectivity index (χ1) is 11.2. The number of aliphatic hydroxyl groups is 1. The van der Waals surface area contributed by atoms with Crippen molar-refractivity contribution >= 4 is 23.5 Å². The number of aromatic hydroxyl groups is 1. The Morgan fingerprint density at radius 1 is 1.38 bits per heavy atom. The SMILES string of the molecule is Cc1ncc(CO)c(C=NNc2cc(C(F)(F)F)ccc2Cl)c1O. The van der Waals surface area contributed by atoms with Gasteiger partial charge < -0.3 is 10.2 Å². The Labute approximate surface area is 140 Å². The Bertz CT molecular complexity index is 779. The maximum absolute atomic E-state index is 12.7. The van der Waals surface area contributed by atoms with Crippen LogP contribution in [0.4, 0.5) is 18.9 Å². The van der Waals surface area contributed by atoms with Gasteiger partial charge in [0.2, 0.25) is 0 Å². The van der Waals surface area contributed by atoms with Gasteiger partial charge >= 0.3 is 6.18 Å². The Balaban J connectivity index is 2.29. The smallest absolute Gasteiger partial charge is 0.416 e. The highest BCUT2D eigenvalue weighted by atomic mass is 35.5. The Morgan fingerprint density at radius 3 is 2.71 bits per heavy atom. The van der Waals surface area contributed by atoms with Gasteiger partial charge in [0.25, 0.3) is 0 Å². The summed E-state index contributed by atoms with van der Waals surface area (Å²) in [7, 11) is 0. The van der Waals surface area contributed by atoms with Crippen LogP contribution in [0.25, 0.3) is 0 Å². The zero-order valence-electron chi connectivity index (χ0n) is 12.4. The molecule has 0 spiro atoms. The average molecular weight is 360 g/mol. The number of aliphatic hydroxyl groups excluding tert-OH is 1. The molecule has 5 nitrogen and oxygen atoms in total. The minimum atomic E-state index is -4.50. The third kappa shape index (κ3) is 3.95. The minimum Gasteiger partial charge on any atom is -0.505 e. The number of rotatable bonds is 4. The molecule has 0 radical (unpaired) electrons. The van der Waals surface area contributed by atoms with Crippen LogP contribution in [0.1, 0.15) is 22.4 Å². The lowest BCUT2D eigenvalue weighted by molar-refractivity contribution is -0.137. The van der Waals surface area contributed by atoms with Crippen molar-refractivity contribution in [3.8, 4) is 5.75 Å². The first-order valence-electron chi connectivity index (χ1n) is 6.68. The first-order valence-corrected chi connectivity index (χ1v) is 7.06. The van der Waals surface area contributed by atoms with Crippen molar-refractivity contribution in [3.05, 3.63) is 51.8 Å². The summed E-state index contributed by atoms with van der Waals surface area (Å²) in [4.78, 5) is 3.89. The molecular formula is C15H13ClF3N3O2. The molecule has 0 saturated heterocycles. The van der Waals surface area contributed by atoms with E-state index in [9.17, 15) is 23.4 Å². The summed E-state index contributed by atoms with van der Waals surface area (Å²) in [5.74, 6) is -0.178. The number of aryl methyl sites for hydroxylation is 1. The molecule has 0 aliphatic heterocycles. The number of hydrogen-bond donors (Lipinski definition) is 3. The second kappa shape index (κ2) is 7.06. The van der Waals surface area contributed by atoms with Crippen molar-refractivity contribution in [2.24, 2.45) is 5.10 Å². The van der Waals surface area contributed by atoms with Crippen molar-refractivity contribution in [1.82, 2.24) is 4.98 Å². The predicted molar refractivity (Wildman–Crippen MR) is 84.2 cm³/mol. The summed E-state index contributed by atoms with van der Waals surface area (Å²) in [5.41, 5.74) is 2.33. The summed E-state index contributed by atoms with van der Waals surface area (Å²) >= 11 is 5.84. The van der Waals surface area contributed by atoms with Gasteiger partial charge in [0.1, 0.15) is 5.75 Å². The Kier molecular flexibility index (Phi) is 5.30. The summed E-state index contributed by atoms with van der Waals surface area (Å²) in [5, 5.41) is 23.0. The second-order valence-corrected chi connectivity index (χ2v) is 5.26. The van der Waals surface area contributed by atoms with E-state index in [0.717, 1.165) is 18.2 Å². The number of nitrogens with zero attached hydrogens (tertiary/aromatic N) is 2. The van der Waals surface area contributed by atoms with E-state index in [1.807, 2.05) is 0 Å². The van der Waals surface area contributed by atoms with E-state index in [0.29, 0.717) is 11.3 Å². The van der Waals surface area contributed by atoms with Crippen LogP contribution in [0.15, 0.2) is 29.5 Å². The summed E-state index contributed by atoms with van der Waals surface area (Å²) in [6.45, 7) is 1.18. The van der Waals surface area contributed by atoms with Crippen LogP contribution in [0.3, 0.4) is 0 Å². The van der Waals surface area contributed by atoms with Crippen molar-refractivity contribution in [1.29, 1.82) is 0 Å². The molecule has 2 aromatic rings. The molecule has 1 heterocycles. The van der Waals surface area contributed by atoms with Crippen LogP contribution in [0.2, 0.25) is 5.02 Å². The lowest BCUT2D eigenvalue weighted by atomic mass is 10.1. The lowest BCUT2D eigenvalue weighted by Gasteiger charge is -2.10. The molecule has 1 aromatic heterocycles. The van der Waals surface area contributed by atoms with Crippen LogP contribution in [-0.4, -0.2) is 21.4 Å². The van der Waals surface area contributed by atoms with Gasteiger partial charge in [-0.15, -0.1) is 0 Å². The van der Waals surface area contributed by atoms with Gasteiger partial charge in [0, 0.05) is 17.3 Å². The first kappa shape index (κ1) is 18.0. The maximum Gasteiger partial charge on any atom is 0.416 e. The summed E-state index contributed by atoms with van der Waals surface area (Å²) in [6.07, 6.45) is -1.96. The van der Waals surface area contributed by atoms with Crippen LogP contribution in [0, 0.1) is 6.92 Å². The highest BCUT2D eigenvalue weighted by molar-refractivity contribution is 6.33. The number of anilines is 1. The molecule has 0 aliphatic carbocycles. The molecule has 3 N–H and O–H groups in total. The van der Waals surface area contributed by atoms with E-state index in [4.69, 9.17) is 11.6 Å². The van der Waals surface area contributed by atoms with E-state index < -0.39 is 11.7 Å². The monoisotopic (exact) mass is 359 g/mol. The number of pyridine rings is 1. The zero-order chi connectivity index (χ0) is 17.9. The van der Waals surface area contributed by atoms with Gasteiger partial charge in [-0.1, -0.05) is 11.6 Å². The van der Waals surface area contributed by atoms with Crippen molar-refractivity contribution < 1.29 is 23.4 Å². The number of alkyl halides is 3. The van der Waals surface area contributed by atoms with Gasteiger partial charge in [-0.2, -0.15) is 18.3 Å². The van der Waals surface area contributed by atoms with E-state index in [-0.39, 0.29) is 28.6 Å². The zero-order valence-corrected chi connectivity index (χ0v) is 13.2. The van der Waals surface area contributed by atoms with Crippen LogP contribution in [0.5, 0.6) is 5.75 Å². The number of halogens is 4. The Morgan fingerprint density at radius 2 is 2.08 bits per heavy atom. The largest absolute Gasteiger partial charge is 0.505 e. The van der Waals surface area contributed by atoms with E-state index in [1.165, 1.54) is 12.4 Å². The van der Waals surface area contributed by atoms with Gasteiger partial charge in [-0.05, 0) is 25.1 Å². The molecule has 9 heteroatoms. The second-order valence-electron chi connectivity index (χ2n) is 4.85. The van der Waals surface area contributed by atoms with Gasteiger partial charge in [-0.3, -0.25) is 10.4 Å². The maximum atomic E-state index is 12.7. The molecule has 0 atom stereocenters. The fraction of sp³-hybridized carbons (Fsp3) is 0.200. The topological polar surface area (TPSA) is 77.7 Å². The average Bonchev–Trinajstić information content (AvgIpc) is 2.52. The highest BCUT2D eigenvalue weighted by Gasteiger charge is 2.30. The summed E-state index contributed by atoms with van der Waals surface area (Å²) < 4.78 is 38.1. The molecular weight excluding hydrogens is 347 g/mol. The van der Waals surface area contributed by atoms with E-state index >= 15 is 0 Å². The predicted octanol–water partition coefficient (Wildman–Crippen LogP) is 3.71. The molecule has 0 aliphatic rings. The van der Waals surface area contributed by atoms with Crippen molar-refractivity contribution in [3.63, 3.8) is 0 Å². The molecule has 2 rings (SSSR count). The van der Waals surface area contributed by atoms with Gasteiger partial charge in [-0.25, -0.2) is 0 Å². The van der Waals surface area contributed by atoms with E-state index in [2.05, 4.69) is 15.5 Å². The number of hydrazone groups is 1. The van der Waals surface area contributed by atoms with Crippen LogP contribution >= 0.6 is 11.6 Å². The highest BCUT2D eigenvalue weighted by Crippen LogP contribution is 2.33.